The van der Waals surface area contributed by atoms with Crippen LogP contribution in [0.1, 0.15) is 12.6 Å². The molecule has 4 heteroatoms. The maximum absolute atomic E-state index is 11.6. The number of hydrogen-bond donors (Lipinski definition) is 1. The van der Waals surface area contributed by atoms with Crippen LogP contribution in [0.15, 0.2) is 18.3 Å². The second-order valence-electron chi connectivity index (χ2n) is 3.29. The van der Waals surface area contributed by atoms with Crippen LogP contribution in [0.3, 0.4) is 0 Å². The summed E-state index contributed by atoms with van der Waals surface area (Å²) in [5, 5.41) is 0. The van der Waals surface area contributed by atoms with Crippen LogP contribution in [-0.4, -0.2) is 24.0 Å². The van der Waals surface area contributed by atoms with Crippen molar-refractivity contribution in [3.8, 4) is 0 Å². The molecule has 2 N–H and O–H groups in total. The number of rotatable bonds is 2. The predicted molar refractivity (Wildman–Crippen MR) is 56.0 cm³/mol. The molecule has 1 rings (SSSR count). The van der Waals surface area contributed by atoms with E-state index in [0.717, 1.165) is 11.4 Å². The highest BCUT2D eigenvalue weighted by Crippen LogP contribution is 2.15. The van der Waals surface area contributed by atoms with E-state index in [9.17, 15) is 4.79 Å². The van der Waals surface area contributed by atoms with Crippen molar-refractivity contribution in [3.05, 3.63) is 24.0 Å². The second kappa shape index (κ2) is 4.19. The van der Waals surface area contributed by atoms with Crippen molar-refractivity contribution in [1.29, 1.82) is 0 Å². The average Bonchev–Trinajstić information content (AvgIpc) is 2.16. The summed E-state index contributed by atoms with van der Waals surface area (Å²) in [7, 11) is 1.70. The Bertz CT molecular complexity index is 336. The number of nitrogens with two attached hydrogens (primary N) is 1. The first kappa shape index (κ1) is 10.7. The Labute approximate surface area is 83.7 Å². The van der Waals surface area contributed by atoms with Crippen LogP contribution in [0.2, 0.25) is 0 Å². The molecular formula is C10H15N3O. The number of carbonyl (C=O) groups is 1. The fourth-order valence-electron chi connectivity index (χ4n) is 1.25. The lowest BCUT2D eigenvalue weighted by molar-refractivity contribution is -0.119. The fourth-order valence-corrected chi connectivity index (χ4v) is 1.25. The third-order valence-corrected chi connectivity index (χ3v) is 2.06. The minimum Gasteiger partial charge on any atom is -0.320 e. The first-order valence-corrected chi connectivity index (χ1v) is 4.49. The molecule has 0 aliphatic heterocycles. The Morgan fingerprint density at radius 1 is 1.64 bits per heavy atom. The van der Waals surface area contributed by atoms with E-state index in [1.807, 2.05) is 13.0 Å². The van der Waals surface area contributed by atoms with Gasteiger partial charge >= 0.3 is 0 Å². The second-order valence-corrected chi connectivity index (χ2v) is 3.29. The van der Waals surface area contributed by atoms with E-state index in [1.54, 1.807) is 26.2 Å². The van der Waals surface area contributed by atoms with Crippen molar-refractivity contribution in [3.63, 3.8) is 0 Å². The molecule has 1 atom stereocenters. The molecule has 14 heavy (non-hydrogen) atoms. The van der Waals surface area contributed by atoms with Gasteiger partial charge in [0.2, 0.25) is 5.91 Å². The number of nitrogens with zero attached hydrogens (tertiary/aromatic N) is 2. The first-order valence-electron chi connectivity index (χ1n) is 4.49. The van der Waals surface area contributed by atoms with Gasteiger partial charge in [-0.05, 0) is 26.0 Å². The summed E-state index contributed by atoms with van der Waals surface area (Å²) in [4.78, 5) is 17.2. The lowest BCUT2D eigenvalue weighted by Gasteiger charge is -2.20. The van der Waals surface area contributed by atoms with Crippen LogP contribution in [0.4, 0.5) is 5.69 Å². The van der Waals surface area contributed by atoms with E-state index >= 15 is 0 Å². The van der Waals surface area contributed by atoms with E-state index < -0.39 is 6.04 Å². The monoisotopic (exact) mass is 193 g/mol. The average molecular weight is 193 g/mol. The molecule has 1 aromatic heterocycles. The molecule has 76 valence electrons. The zero-order valence-corrected chi connectivity index (χ0v) is 8.69. The third kappa shape index (κ3) is 2.09. The molecule has 1 aromatic rings. The van der Waals surface area contributed by atoms with Gasteiger partial charge in [-0.15, -0.1) is 0 Å². The first-order chi connectivity index (χ1) is 6.54. The molecule has 0 saturated heterocycles. The van der Waals surface area contributed by atoms with Gasteiger partial charge in [0.1, 0.15) is 0 Å². The summed E-state index contributed by atoms with van der Waals surface area (Å²) in [6, 6.07) is 3.16. The van der Waals surface area contributed by atoms with Crippen molar-refractivity contribution < 1.29 is 4.79 Å². The van der Waals surface area contributed by atoms with E-state index in [1.165, 1.54) is 4.90 Å². The van der Waals surface area contributed by atoms with E-state index in [-0.39, 0.29) is 5.91 Å². The zero-order chi connectivity index (χ0) is 10.7. The standard InChI is InChI=1S/C10H15N3O/c1-7(11)10(14)13(3)9-5-4-6-12-8(9)2/h4-7H,11H2,1-3H3. The minimum absolute atomic E-state index is 0.110. The SMILES string of the molecule is Cc1ncccc1N(C)C(=O)C(C)N. The number of aromatic nitrogens is 1. The lowest BCUT2D eigenvalue weighted by Crippen LogP contribution is -2.40. The van der Waals surface area contributed by atoms with Crippen LogP contribution >= 0.6 is 0 Å². The van der Waals surface area contributed by atoms with E-state index in [0.29, 0.717) is 0 Å². The van der Waals surface area contributed by atoms with E-state index in [2.05, 4.69) is 4.98 Å². The van der Waals surface area contributed by atoms with Crippen molar-refractivity contribution in [2.75, 3.05) is 11.9 Å². The molecular weight excluding hydrogens is 178 g/mol. The summed E-state index contributed by atoms with van der Waals surface area (Å²) in [6.45, 7) is 3.53. The molecule has 0 spiro atoms. The Hall–Kier alpha value is -1.42. The van der Waals surface area contributed by atoms with Crippen molar-refractivity contribution in [2.45, 2.75) is 19.9 Å². The van der Waals surface area contributed by atoms with Gasteiger partial charge in [-0.1, -0.05) is 0 Å². The van der Waals surface area contributed by atoms with Crippen LogP contribution in [-0.2, 0) is 4.79 Å². The summed E-state index contributed by atoms with van der Waals surface area (Å²) in [5.74, 6) is -0.110. The number of pyridine rings is 1. The van der Waals surface area contributed by atoms with Gasteiger partial charge in [0.05, 0.1) is 17.4 Å². The lowest BCUT2D eigenvalue weighted by atomic mass is 10.2. The maximum Gasteiger partial charge on any atom is 0.243 e. The topological polar surface area (TPSA) is 59.2 Å². The Morgan fingerprint density at radius 3 is 2.79 bits per heavy atom. The molecule has 4 nitrogen and oxygen atoms in total. The smallest absolute Gasteiger partial charge is 0.243 e. The fraction of sp³-hybridized carbons (Fsp3) is 0.400. The third-order valence-electron chi connectivity index (χ3n) is 2.06. The van der Waals surface area contributed by atoms with Gasteiger partial charge in [-0.2, -0.15) is 0 Å². The van der Waals surface area contributed by atoms with Crippen LogP contribution in [0.5, 0.6) is 0 Å². The van der Waals surface area contributed by atoms with Gasteiger partial charge in [0.15, 0.2) is 0 Å². The van der Waals surface area contributed by atoms with Crippen molar-refractivity contribution in [2.24, 2.45) is 5.73 Å². The Balaban J connectivity index is 2.95. The van der Waals surface area contributed by atoms with Crippen LogP contribution < -0.4 is 10.6 Å². The molecule has 1 heterocycles. The number of hydrogen-bond acceptors (Lipinski definition) is 3. The van der Waals surface area contributed by atoms with Crippen molar-refractivity contribution >= 4 is 11.6 Å². The molecule has 0 aliphatic rings. The number of amides is 1. The molecule has 0 saturated carbocycles. The molecule has 0 aromatic carbocycles. The molecule has 0 fully saturated rings. The summed E-state index contributed by atoms with van der Waals surface area (Å²) < 4.78 is 0. The zero-order valence-electron chi connectivity index (χ0n) is 8.69. The highest BCUT2D eigenvalue weighted by atomic mass is 16.2. The minimum atomic E-state index is -0.486. The predicted octanol–water partition coefficient (Wildman–Crippen LogP) is 0.700. The largest absolute Gasteiger partial charge is 0.320 e. The van der Waals surface area contributed by atoms with Gasteiger partial charge in [-0.3, -0.25) is 9.78 Å². The van der Waals surface area contributed by atoms with Gasteiger partial charge < -0.3 is 10.6 Å². The highest BCUT2D eigenvalue weighted by Gasteiger charge is 2.16. The quantitative estimate of drug-likeness (QED) is 0.752. The van der Waals surface area contributed by atoms with Gasteiger partial charge in [0.25, 0.3) is 0 Å². The summed E-state index contributed by atoms with van der Waals surface area (Å²) >= 11 is 0. The van der Waals surface area contributed by atoms with E-state index in [4.69, 9.17) is 5.73 Å². The van der Waals surface area contributed by atoms with Gasteiger partial charge in [0, 0.05) is 13.2 Å². The van der Waals surface area contributed by atoms with Crippen LogP contribution in [0, 0.1) is 6.92 Å². The maximum atomic E-state index is 11.6. The summed E-state index contributed by atoms with van der Waals surface area (Å²) in [6.07, 6.45) is 1.70. The molecule has 0 aliphatic carbocycles. The molecule has 1 unspecified atom stereocenters. The number of aryl methyl sites for hydroxylation is 1. The normalized spacial score (nSPS) is 12.3. The molecule has 0 radical (unpaired) electrons. The Morgan fingerprint density at radius 2 is 2.29 bits per heavy atom. The summed E-state index contributed by atoms with van der Waals surface area (Å²) in [5.41, 5.74) is 7.14. The number of carbonyl (C=O) groups excluding carboxylic acids is 1. The Kier molecular flexibility index (Phi) is 3.19. The molecule has 0 bridgehead atoms. The van der Waals surface area contributed by atoms with Crippen LogP contribution in [0.25, 0.3) is 0 Å². The number of anilines is 1. The molecule has 1 amide bonds. The number of likely N-dealkylation sites (N-methyl/N-ethyl adjacent to an activating group) is 1. The highest BCUT2D eigenvalue weighted by molar-refractivity contribution is 5.96. The van der Waals surface area contributed by atoms with Gasteiger partial charge in [-0.25, -0.2) is 0 Å². The van der Waals surface area contributed by atoms with Crippen molar-refractivity contribution in [1.82, 2.24) is 4.98 Å².